The van der Waals surface area contributed by atoms with Crippen molar-refractivity contribution < 1.29 is 18.0 Å². The highest BCUT2D eigenvalue weighted by atomic mass is 19.4. The van der Waals surface area contributed by atoms with Crippen LogP contribution in [0, 0.1) is 6.92 Å². The lowest BCUT2D eigenvalue weighted by molar-refractivity contribution is -0.138. The number of amides is 1. The van der Waals surface area contributed by atoms with Crippen LogP contribution in [0.15, 0.2) is 47.4 Å². The monoisotopic (exact) mass is 566 g/mol. The lowest BCUT2D eigenvalue weighted by Gasteiger charge is -2.33. The van der Waals surface area contributed by atoms with E-state index in [4.69, 9.17) is 5.73 Å². The molecule has 0 radical (unpaired) electrons. The van der Waals surface area contributed by atoms with Gasteiger partial charge in [0.05, 0.1) is 11.8 Å². The number of hydrogen-bond donors (Lipinski definition) is 2. The van der Waals surface area contributed by atoms with Gasteiger partial charge in [0.25, 0.3) is 11.5 Å². The number of carbonyl (C=O) groups excluding carboxylic acids is 1. The Balaban J connectivity index is 1.43. The van der Waals surface area contributed by atoms with Gasteiger partial charge in [-0.3, -0.25) is 19.1 Å². The van der Waals surface area contributed by atoms with Gasteiger partial charge in [0, 0.05) is 56.6 Å². The van der Waals surface area contributed by atoms with Gasteiger partial charge in [-0.25, -0.2) is 9.97 Å². The number of aromatic nitrogens is 4. The third kappa shape index (κ3) is 5.91. The second kappa shape index (κ2) is 10.9. The van der Waals surface area contributed by atoms with Crippen LogP contribution in [0.3, 0.4) is 0 Å². The normalized spacial score (nSPS) is 14.9. The molecule has 1 fully saturated rings. The molecule has 0 bridgehead atoms. The highest BCUT2D eigenvalue weighted by molar-refractivity contribution is 6.04. The van der Waals surface area contributed by atoms with Crippen LogP contribution in [0.1, 0.15) is 27.0 Å². The van der Waals surface area contributed by atoms with E-state index in [1.54, 1.807) is 25.1 Å². The second-order valence-electron chi connectivity index (χ2n) is 10.2. The van der Waals surface area contributed by atoms with Gasteiger partial charge in [0.15, 0.2) is 5.65 Å². The van der Waals surface area contributed by atoms with E-state index in [-0.39, 0.29) is 35.0 Å². The first kappa shape index (κ1) is 28.2. The first-order chi connectivity index (χ1) is 19.4. The topological polar surface area (TPSA) is 122 Å². The summed E-state index contributed by atoms with van der Waals surface area (Å²) in [6.45, 7) is 4.83. The van der Waals surface area contributed by atoms with Crippen LogP contribution in [0.2, 0.25) is 0 Å². The van der Waals surface area contributed by atoms with E-state index in [2.05, 4.69) is 25.2 Å². The molecule has 4 aromatic rings. The van der Waals surface area contributed by atoms with E-state index >= 15 is 0 Å². The van der Waals surface area contributed by atoms with Crippen LogP contribution in [-0.4, -0.2) is 68.5 Å². The minimum atomic E-state index is -4.62. The Kier molecular flexibility index (Phi) is 7.49. The van der Waals surface area contributed by atoms with Gasteiger partial charge < -0.3 is 16.0 Å². The van der Waals surface area contributed by atoms with Crippen molar-refractivity contribution in [2.24, 2.45) is 7.05 Å². The number of nitrogens with one attached hydrogen (secondary N) is 1. The Labute approximate surface area is 233 Å². The predicted octanol–water partition coefficient (Wildman–Crippen LogP) is 3.30. The lowest BCUT2D eigenvalue weighted by Crippen LogP contribution is -2.44. The lowest BCUT2D eigenvalue weighted by atomic mass is 10.0. The van der Waals surface area contributed by atoms with Crippen LogP contribution >= 0.6 is 0 Å². The number of aryl methyl sites for hydroxylation is 2. The van der Waals surface area contributed by atoms with Crippen LogP contribution in [0.4, 0.5) is 24.8 Å². The number of alkyl halides is 3. The first-order valence-corrected chi connectivity index (χ1v) is 12.9. The third-order valence-corrected chi connectivity index (χ3v) is 7.24. The summed E-state index contributed by atoms with van der Waals surface area (Å²) in [4.78, 5) is 42.8. The maximum Gasteiger partial charge on any atom is 0.416 e. The standard InChI is InChI=1S/C28H29F3N8O2/c1-16-4-7-19(13-20(16)23-26(41)38(3)24-22(35-23)14-33-27(32)36-24)34-25(40)17-5-6-18(21(12-17)28(29,30)31)15-39-10-8-37(2)9-11-39/h4-7,12-14H,8-11,15H2,1-3H3,(H,34,40)(H2,32,33,36). The molecule has 0 aliphatic carbocycles. The Morgan fingerprint density at radius 2 is 1.78 bits per heavy atom. The number of fused-ring (bicyclic) bond motifs is 1. The van der Waals surface area contributed by atoms with Crippen molar-refractivity contribution in [3.63, 3.8) is 0 Å². The summed E-state index contributed by atoms with van der Waals surface area (Å²) in [5, 5.41) is 2.66. The van der Waals surface area contributed by atoms with E-state index in [1.165, 1.54) is 29.9 Å². The van der Waals surface area contributed by atoms with Gasteiger partial charge in [-0.05, 0) is 49.4 Å². The van der Waals surface area contributed by atoms with E-state index in [0.29, 0.717) is 35.4 Å². The molecule has 1 aliphatic rings. The molecule has 214 valence electrons. The largest absolute Gasteiger partial charge is 0.416 e. The van der Waals surface area contributed by atoms with Crippen LogP contribution in [0.25, 0.3) is 22.4 Å². The molecule has 41 heavy (non-hydrogen) atoms. The van der Waals surface area contributed by atoms with Crippen LogP contribution in [-0.2, 0) is 19.8 Å². The quantitative estimate of drug-likeness (QED) is 0.378. The molecular weight excluding hydrogens is 537 g/mol. The van der Waals surface area contributed by atoms with Gasteiger partial charge >= 0.3 is 6.18 Å². The van der Waals surface area contributed by atoms with Crippen molar-refractivity contribution in [2.45, 2.75) is 19.6 Å². The van der Waals surface area contributed by atoms with E-state index < -0.39 is 23.2 Å². The van der Waals surface area contributed by atoms with Gasteiger partial charge in [-0.2, -0.15) is 18.2 Å². The van der Waals surface area contributed by atoms with Crippen LogP contribution in [0.5, 0.6) is 0 Å². The zero-order chi connectivity index (χ0) is 29.5. The minimum absolute atomic E-state index is 0.00369. The van der Waals surface area contributed by atoms with Crippen molar-refractivity contribution in [2.75, 3.05) is 44.3 Å². The Morgan fingerprint density at radius 3 is 2.49 bits per heavy atom. The zero-order valence-electron chi connectivity index (χ0n) is 22.8. The summed E-state index contributed by atoms with van der Waals surface area (Å²) in [7, 11) is 3.52. The number of halogens is 3. The maximum absolute atomic E-state index is 14.0. The Morgan fingerprint density at radius 1 is 1.05 bits per heavy atom. The molecule has 3 heterocycles. The Hall–Kier alpha value is -4.36. The number of benzene rings is 2. The molecule has 10 nitrogen and oxygen atoms in total. The molecule has 3 N–H and O–H groups in total. The fourth-order valence-corrected chi connectivity index (χ4v) is 4.83. The highest BCUT2D eigenvalue weighted by Crippen LogP contribution is 2.34. The average Bonchev–Trinajstić information content (AvgIpc) is 2.93. The minimum Gasteiger partial charge on any atom is -0.368 e. The number of hydrogen-bond acceptors (Lipinski definition) is 8. The molecule has 0 spiro atoms. The molecule has 1 aliphatic heterocycles. The fourth-order valence-electron chi connectivity index (χ4n) is 4.83. The number of nitrogens with zero attached hydrogens (tertiary/aromatic N) is 6. The molecule has 1 saturated heterocycles. The molecule has 2 aromatic carbocycles. The van der Waals surface area contributed by atoms with Gasteiger partial charge in [0.1, 0.15) is 11.2 Å². The molecular formula is C28H29F3N8O2. The molecule has 5 rings (SSSR count). The van der Waals surface area contributed by atoms with Gasteiger partial charge in [-0.1, -0.05) is 12.1 Å². The van der Waals surface area contributed by atoms with E-state index in [0.717, 1.165) is 19.2 Å². The summed E-state index contributed by atoms with van der Waals surface area (Å²) < 4.78 is 43.3. The fraction of sp³-hybridized carbons (Fsp3) is 0.321. The average molecular weight is 567 g/mol. The van der Waals surface area contributed by atoms with Crippen LogP contribution < -0.4 is 16.6 Å². The summed E-state index contributed by atoms with van der Waals surface area (Å²) in [6.07, 6.45) is -3.21. The van der Waals surface area contributed by atoms with Crippen molar-refractivity contribution >= 4 is 28.7 Å². The molecule has 13 heteroatoms. The summed E-state index contributed by atoms with van der Waals surface area (Å²) in [5.41, 5.74) is 6.54. The van der Waals surface area contributed by atoms with Crippen molar-refractivity contribution in [1.82, 2.24) is 29.3 Å². The third-order valence-electron chi connectivity index (χ3n) is 7.24. The number of likely N-dealkylation sites (N-methyl/N-ethyl adjacent to an activating group) is 1. The SMILES string of the molecule is Cc1ccc(NC(=O)c2ccc(CN3CCN(C)CC3)c(C(F)(F)F)c2)cc1-c1nc2cnc(N)nc2n(C)c1=O. The number of anilines is 2. The predicted molar refractivity (Wildman–Crippen MR) is 149 cm³/mol. The summed E-state index contributed by atoms with van der Waals surface area (Å²) in [5.74, 6) is -0.705. The Bertz CT molecular complexity index is 1690. The number of rotatable bonds is 5. The summed E-state index contributed by atoms with van der Waals surface area (Å²) >= 11 is 0. The van der Waals surface area contributed by atoms with Crippen molar-refractivity contribution in [1.29, 1.82) is 0 Å². The second-order valence-corrected chi connectivity index (χ2v) is 10.2. The van der Waals surface area contributed by atoms with Crippen molar-refractivity contribution in [3.8, 4) is 11.3 Å². The number of nitrogens with two attached hydrogens (primary N) is 1. The highest BCUT2D eigenvalue weighted by Gasteiger charge is 2.34. The van der Waals surface area contributed by atoms with E-state index in [1.807, 2.05) is 11.9 Å². The summed E-state index contributed by atoms with van der Waals surface area (Å²) in [6, 6.07) is 8.52. The molecule has 0 unspecified atom stereocenters. The number of carbonyl (C=O) groups is 1. The molecule has 0 atom stereocenters. The number of nitrogen functional groups attached to an aromatic ring is 1. The smallest absolute Gasteiger partial charge is 0.368 e. The maximum atomic E-state index is 14.0. The number of piperazine rings is 1. The molecule has 1 amide bonds. The zero-order valence-corrected chi connectivity index (χ0v) is 22.8. The van der Waals surface area contributed by atoms with Gasteiger partial charge in [-0.15, -0.1) is 0 Å². The first-order valence-electron chi connectivity index (χ1n) is 12.9. The van der Waals surface area contributed by atoms with E-state index in [9.17, 15) is 22.8 Å². The van der Waals surface area contributed by atoms with Crippen molar-refractivity contribution in [3.05, 3.63) is 75.2 Å². The van der Waals surface area contributed by atoms with Gasteiger partial charge in [0.2, 0.25) is 5.95 Å². The molecule has 2 aromatic heterocycles. The molecule has 0 saturated carbocycles.